The van der Waals surface area contributed by atoms with Crippen LogP contribution in [0, 0.1) is 0 Å². The molecular weight excluding hydrogens is 368 g/mol. The Morgan fingerprint density at radius 1 is 0.931 bits per heavy atom. The Morgan fingerprint density at radius 2 is 1.62 bits per heavy atom. The molecule has 2 amide bonds. The third-order valence-electron chi connectivity index (χ3n) is 5.80. The predicted octanol–water partition coefficient (Wildman–Crippen LogP) is 2.27. The fourth-order valence-electron chi connectivity index (χ4n) is 3.76. The van der Waals surface area contributed by atoms with Crippen LogP contribution in [0.15, 0.2) is 53.1 Å². The number of hydrogen-bond acceptors (Lipinski definition) is 5. The Kier molecular flexibility index (Phi) is 4.13. The average molecular weight is 390 g/mol. The third-order valence-corrected chi connectivity index (χ3v) is 5.80. The first-order valence-corrected chi connectivity index (χ1v) is 9.86. The molecule has 1 aliphatic carbocycles. The van der Waals surface area contributed by atoms with Gasteiger partial charge in [-0.2, -0.15) is 0 Å². The summed E-state index contributed by atoms with van der Waals surface area (Å²) < 4.78 is 5.33. The van der Waals surface area contributed by atoms with E-state index in [1.807, 2.05) is 42.5 Å². The number of piperazine rings is 1. The molecule has 3 heterocycles. The molecule has 7 heteroatoms. The summed E-state index contributed by atoms with van der Waals surface area (Å²) in [7, 11) is 0. The van der Waals surface area contributed by atoms with Crippen molar-refractivity contribution in [2.24, 2.45) is 5.73 Å². The van der Waals surface area contributed by atoms with Crippen molar-refractivity contribution < 1.29 is 14.0 Å². The predicted molar refractivity (Wildman–Crippen MR) is 108 cm³/mol. The summed E-state index contributed by atoms with van der Waals surface area (Å²) in [5, 5.41) is 0. The zero-order chi connectivity index (χ0) is 20.0. The number of nitrogens with two attached hydrogens (primary N) is 1. The van der Waals surface area contributed by atoms with E-state index in [9.17, 15) is 9.59 Å². The number of carbonyl (C=O) groups is 2. The summed E-state index contributed by atoms with van der Waals surface area (Å²) in [6.07, 6.45) is 3.15. The molecule has 0 spiro atoms. The number of hydrogen-bond donors (Lipinski definition) is 1. The van der Waals surface area contributed by atoms with Gasteiger partial charge in [-0.1, -0.05) is 12.1 Å². The Hall–Kier alpha value is -3.19. The van der Waals surface area contributed by atoms with Crippen LogP contribution in [-0.4, -0.2) is 58.3 Å². The fourth-order valence-corrected chi connectivity index (χ4v) is 3.76. The van der Waals surface area contributed by atoms with Crippen molar-refractivity contribution in [3.8, 4) is 11.3 Å². The second kappa shape index (κ2) is 6.70. The Balaban J connectivity index is 1.25. The average Bonchev–Trinajstić information content (AvgIpc) is 3.34. The number of aromatic nitrogens is 1. The maximum absolute atomic E-state index is 12.8. The minimum absolute atomic E-state index is 0.0178. The van der Waals surface area contributed by atoms with E-state index in [1.54, 1.807) is 16.1 Å². The van der Waals surface area contributed by atoms with Crippen LogP contribution in [0.1, 0.15) is 23.2 Å². The maximum Gasteiger partial charge on any atom is 0.253 e. The molecule has 1 aliphatic heterocycles. The van der Waals surface area contributed by atoms with Gasteiger partial charge in [0.2, 0.25) is 5.91 Å². The van der Waals surface area contributed by atoms with Crippen LogP contribution in [-0.2, 0) is 4.79 Å². The van der Waals surface area contributed by atoms with Crippen LogP contribution < -0.4 is 5.73 Å². The van der Waals surface area contributed by atoms with E-state index in [2.05, 4.69) is 4.98 Å². The lowest BCUT2D eigenvalue weighted by molar-refractivity contribution is -0.135. The minimum atomic E-state index is -0.643. The van der Waals surface area contributed by atoms with Gasteiger partial charge < -0.3 is 20.0 Å². The number of pyridine rings is 1. The summed E-state index contributed by atoms with van der Waals surface area (Å²) >= 11 is 0. The Labute approximate surface area is 168 Å². The molecule has 2 aliphatic rings. The lowest BCUT2D eigenvalue weighted by atomic mass is 10.1. The molecule has 0 unspecified atom stereocenters. The van der Waals surface area contributed by atoms with E-state index in [4.69, 9.17) is 10.2 Å². The van der Waals surface area contributed by atoms with Gasteiger partial charge in [0, 0.05) is 43.4 Å². The number of carbonyl (C=O) groups excluding carboxylic acids is 2. The summed E-state index contributed by atoms with van der Waals surface area (Å²) in [5.74, 6) is 0.00632. The number of nitrogens with zero attached hydrogens (tertiary/aromatic N) is 3. The lowest BCUT2D eigenvalue weighted by Gasteiger charge is -2.36. The third kappa shape index (κ3) is 3.27. The molecule has 0 atom stereocenters. The number of fused-ring (bicyclic) bond motifs is 1. The highest BCUT2D eigenvalue weighted by Gasteiger charge is 2.48. The van der Waals surface area contributed by atoms with Gasteiger partial charge in [-0.05, 0) is 37.1 Å². The minimum Gasteiger partial charge on any atom is -0.463 e. The highest BCUT2D eigenvalue weighted by atomic mass is 16.3. The van der Waals surface area contributed by atoms with E-state index in [1.165, 1.54) is 0 Å². The summed E-state index contributed by atoms with van der Waals surface area (Å²) in [4.78, 5) is 33.4. The molecule has 2 N–H and O–H groups in total. The topological polar surface area (TPSA) is 92.7 Å². The van der Waals surface area contributed by atoms with Crippen molar-refractivity contribution >= 4 is 22.9 Å². The number of rotatable bonds is 3. The van der Waals surface area contributed by atoms with Gasteiger partial charge >= 0.3 is 0 Å². The standard InChI is InChI=1S/C22H22N4O3/c23-22(8-9-22)21(28)26-12-10-25(11-13-26)20(27)16-3-1-15(2-4-16)17-5-6-19-18(24-17)7-14-29-19/h1-7,14H,8-13,23H2. The maximum atomic E-state index is 12.8. The molecule has 5 rings (SSSR count). The van der Waals surface area contributed by atoms with Crippen molar-refractivity contribution in [2.45, 2.75) is 18.4 Å². The van der Waals surface area contributed by atoms with Gasteiger partial charge in [-0.25, -0.2) is 4.98 Å². The normalized spacial score (nSPS) is 18.1. The number of furan rings is 1. The second-order valence-electron chi connectivity index (χ2n) is 7.82. The van der Waals surface area contributed by atoms with Gasteiger partial charge in [0.05, 0.1) is 17.5 Å². The van der Waals surface area contributed by atoms with Gasteiger partial charge in [-0.15, -0.1) is 0 Å². The molecule has 148 valence electrons. The molecule has 0 bridgehead atoms. The van der Waals surface area contributed by atoms with Crippen molar-refractivity contribution in [3.05, 3.63) is 54.3 Å². The van der Waals surface area contributed by atoms with Gasteiger partial charge in [0.1, 0.15) is 5.52 Å². The van der Waals surface area contributed by atoms with Crippen molar-refractivity contribution in [2.75, 3.05) is 26.2 Å². The van der Waals surface area contributed by atoms with E-state index in [-0.39, 0.29) is 11.8 Å². The first-order chi connectivity index (χ1) is 14.0. The molecule has 3 aromatic rings. The molecule has 0 radical (unpaired) electrons. The zero-order valence-corrected chi connectivity index (χ0v) is 16.0. The molecule has 2 fully saturated rings. The Morgan fingerprint density at radius 3 is 2.31 bits per heavy atom. The fraction of sp³-hybridized carbons (Fsp3) is 0.318. The molecule has 7 nitrogen and oxygen atoms in total. The summed E-state index contributed by atoms with van der Waals surface area (Å²) in [5.41, 5.74) is 9.34. The Bertz CT molecular complexity index is 1080. The van der Waals surface area contributed by atoms with E-state index >= 15 is 0 Å². The monoisotopic (exact) mass is 390 g/mol. The first-order valence-electron chi connectivity index (χ1n) is 9.86. The second-order valence-corrected chi connectivity index (χ2v) is 7.82. The largest absolute Gasteiger partial charge is 0.463 e. The first kappa shape index (κ1) is 17.9. The van der Waals surface area contributed by atoms with Crippen molar-refractivity contribution in [1.82, 2.24) is 14.8 Å². The highest BCUT2D eigenvalue weighted by molar-refractivity contribution is 5.95. The molecule has 1 saturated heterocycles. The van der Waals surface area contributed by atoms with Gasteiger partial charge in [0.15, 0.2) is 5.58 Å². The quantitative estimate of drug-likeness (QED) is 0.741. The smallest absolute Gasteiger partial charge is 0.253 e. The molecule has 1 aromatic carbocycles. The number of benzene rings is 1. The zero-order valence-electron chi connectivity index (χ0n) is 16.0. The molecule has 2 aromatic heterocycles. The molecular formula is C22H22N4O3. The lowest BCUT2D eigenvalue weighted by Crippen LogP contribution is -2.55. The molecule has 29 heavy (non-hydrogen) atoms. The summed E-state index contributed by atoms with van der Waals surface area (Å²) in [6.45, 7) is 2.13. The van der Waals surface area contributed by atoms with Crippen LogP contribution in [0.2, 0.25) is 0 Å². The highest BCUT2D eigenvalue weighted by Crippen LogP contribution is 2.34. The number of amides is 2. The van der Waals surface area contributed by atoms with Crippen LogP contribution in [0.4, 0.5) is 0 Å². The molecule has 1 saturated carbocycles. The van der Waals surface area contributed by atoms with E-state index < -0.39 is 5.54 Å². The van der Waals surface area contributed by atoms with Crippen molar-refractivity contribution in [3.63, 3.8) is 0 Å². The SMILES string of the molecule is NC1(C(=O)N2CCN(C(=O)c3ccc(-c4ccc5occc5n4)cc3)CC2)CC1. The van der Waals surface area contributed by atoms with Crippen LogP contribution in [0.3, 0.4) is 0 Å². The van der Waals surface area contributed by atoms with Gasteiger partial charge in [0.25, 0.3) is 5.91 Å². The van der Waals surface area contributed by atoms with Crippen LogP contribution >= 0.6 is 0 Å². The van der Waals surface area contributed by atoms with Crippen LogP contribution in [0.25, 0.3) is 22.4 Å². The van der Waals surface area contributed by atoms with Crippen LogP contribution in [0.5, 0.6) is 0 Å². The van der Waals surface area contributed by atoms with Crippen molar-refractivity contribution in [1.29, 1.82) is 0 Å². The van der Waals surface area contributed by atoms with Gasteiger partial charge in [-0.3, -0.25) is 9.59 Å². The van der Waals surface area contributed by atoms with E-state index in [0.29, 0.717) is 31.7 Å². The summed E-state index contributed by atoms with van der Waals surface area (Å²) in [6, 6.07) is 13.1. The van der Waals surface area contributed by atoms with E-state index in [0.717, 1.165) is 35.2 Å².